The van der Waals surface area contributed by atoms with E-state index in [2.05, 4.69) is 31.9 Å². The van der Waals surface area contributed by atoms with Crippen molar-refractivity contribution in [1.82, 2.24) is 25.0 Å². The lowest BCUT2D eigenvalue weighted by atomic mass is 10.3. The van der Waals surface area contributed by atoms with Crippen LogP contribution in [0, 0.1) is 0 Å². The second kappa shape index (κ2) is 7.71. The minimum atomic E-state index is -0.0689. The smallest absolute Gasteiger partial charge is 0.227 e. The Morgan fingerprint density at radius 2 is 2.11 bits per heavy atom. The van der Waals surface area contributed by atoms with Crippen molar-refractivity contribution in [2.45, 2.75) is 32.9 Å². The number of aryl methyl sites for hydroxylation is 2. The first-order chi connectivity index (χ1) is 13.2. The molecule has 8 heteroatoms. The van der Waals surface area contributed by atoms with Crippen LogP contribution in [-0.4, -0.2) is 25.6 Å². The Kier molecular flexibility index (Phi) is 4.97. The molecule has 3 aromatic heterocycles. The molecule has 0 saturated carbocycles. The monoisotopic (exact) mass is 381 g/mol. The summed E-state index contributed by atoms with van der Waals surface area (Å²) in [5.74, 6) is 1.82. The summed E-state index contributed by atoms with van der Waals surface area (Å²) < 4.78 is 7.34. The fourth-order valence-electron chi connectivity index (χ4n) is 2.96. The largest absolute Gasteiger partial charge is 0.349 e. The van der Waals surface area contributed by atoms with Crippen molar-refractivity contribution < 1.29 is 9.32 Å². The van der Waals surface area contributed by atoms with Crippen LogP contribution in [0.25, 0.3) is 21.7 Å². The molecule has 1 N–H and O–H groups in total. The maximum Gasteiger partial charge on any atom is 0.227 e. The molecule has 0 radical (unpaired) electrons. The van der Waals surface area contributed by atoms with Crippen LogP contribution in [0.3, 0.4) is 0 Å². The Labute approximate surface area is 160 Å². The number of fused-ring (bicyclic) bond motifs is 1. The van der Waals surface area contributed by atoms with Crippen LogP contribution in [0.2, 0.25) is 0 Å². The molecule has 4 aromatic rings. The van der Waals surface area contributed by atoms with Gasteiger partial charge in [0.15, 0.2) is 0 Å². The van der Waals surface area contributed by atoms with Crippen LogP contribution < -0.4 is 5.32 Å². The van der Waals surface area contributed by atoms with Crippen LogP contribution in [-0.2, 0) is 24.3 Å². The molecular formula is C19H19N5O2S. The van der Waals surface area contributed by atoms with Gasteiger partial charge in [-0.15, -0.1) is 11.3 Å². The number of hydrogen-bond acceptors (Lipinski definition) is 6. The fraction of sp³-hybridized carbons (Fsp3) is 0.263. The highest BCUT2D eigenvalue weighted by Gasteiger charge is 2.13. The molecule has 4 rings (SSSR count). The average Bonchev–Trinajstić information content (AvgIpc) is 3.43. The SMILES string of the molecule is CCn1c(CNC(=O)CCc2nc(-c3cccs3)no2)nc2ccccc21. The number of imidazole rings is 1. The van der Waals surface area contributed by atoms with Crippen molar-refractivity contribution in [3.63, 3.8) is 0 Å². The lowest BCUT2D eigenvalue weighted by molar-refractivity contribution is -0.121. The third-order valence-corrected chi connectivity index (χ3v) is 5.13. The molecule has 0 aliphatic carbocycles. The number of carbonyl (C=O) groups is 1. The van der Waals surface area contributed by atoms with Crippen LogP contribution in [0.4, 0.5) is 0 Å². The van der Waals surface area contributed by atoms with Crippen molar-refractivity contribution in [1.29, 1.82) is 0 Å². The van der Waals surface area contributed by atoms with Gasteiger partial charge in [-0.3, -0.25) is 4.79 Å². The van der Waals surface area contributed by atoms with E-state index in [4.69, 9.17) is 4.52 Å². The van der Waals surface area contributed by atoms with Gasteiger partial charge in [0.1, 0.15) is 5.82 Å². The van der Waals surface area contributed by atoms with E-state index in [9.17, 15) is 4.79 Å². The van der Waals surface area contributed by atoms with E-state index in [1.165, 1.54) is 0 Å². The highest BCUT2D eigenvalue weighted by molar-refractivity contribution is 7.13. The molecule has 138 valence electrons. The van der Waals surface area contributed by atoms with Crippen LogP contribution >= 0.6 is 11.3 Å². The number of aromatic nitrogens is 4. The summed E-state index contributed by atoms with van der Waals surface area (Å²) in [5.41, 5.74) is 2.02. The molecule has 0 saturated heterocycles. The number of hydrogen-bond donors (Lipinski definition) is 1. The van der Waals surface area contributed by atoms with Crippen molar-refractivity contribution in [2.75, 3.05) is 0 Å². The zero-order valence-electron chi connectivity index (χ0n) is 14.9. The second-order valence-electron chi connectivity index (χ2n) is 6.03. The normalized spacial score (nSPS) is 11.1. The van der Waals surface area contributed by atoms with Gasteiger partial charge in [0.2, 0.25) is 17.6 Å². The second-order valence-corrected chi connectivity index (χ2v) is 6.97. The van der Waals surface area contributed by atoms with E-state index in [0.717, 1.165) is 28.3 Å². The van der Waals surface area contributed by atoms with Crippen molar-refractivity contribution in [3.8, 4) is 10.7 Å². The Hall–Kier alpha value is -3.00. The number of nitrogens with one attached hydrogen (secondary N) is 1. The predicted octanol–water partition coefficient (Wildman–Crippen LogP) is 3.42. The average molecular weight is 381 g/mol. The summed E-state index contributed by atoms with van der Waals surface area (Å²) in [4.78, 5) is 22.1. The molecule has 0 aliphatic heterocycles. The van der Waals surface area contributed by atoms with Gasteiger partial charge in [-0.25, -0.2) is 4.98 Å². The van der Waals surface area contributed by atoms with Gasteiger partial charge in [-0.05, 0) is 30.5 Å². The molecule has 7 nitrogen and oxygen atoms in total. The number of carbonyl (C=O) groups excluding carboxylic acids is 1. The van der Waals surface area contributed by atoms with Gasteiger partial charge in [-0.2, -0.15) is 4.98 Å². The van der Waals surface area contributed by atoms with Gasteiger partial charge >= 0.3 is 0 Å². The van der Waals surface area contributed by atoms with Crippen molar-refractivity contribution in [3.05, 3.63) is 53.5 Å². The highest BCUT2D eigenvalue weighted by Crippen LogP contribution is 2.21. The maximum absolute atomic E-state index is 12.2. The van der Waals surface area contributed by atoms with Crippen molar-refractivity contribution in [2.24, 2.45) is 0 Å². The predicted molar refractivity (Wildman–Crippen MR) is 103 cm³/mol. The number of nitrogens with zero attached hydrogens (tertiary/aromatic N) is 4. The molecule has 0 spiro atoms. The molecule has 0 atom stereocenters. The maximum atomic E-state index is 12.2. The number of benzene rings is 1. The molecule has 0 unspecified atom stereocenters. The Morgan fingerprint density at radius 1 is 1.22 bits per heavy atom. The molecule has 0 aliphatic rings. The van der Waals surface area contributed by atoms with E-state index >= 15 is 0 Å². The summed E-state index contributed by atoms with van der Waals surface area (Å²) >= 11 is 1.55. The standard InChI is InChI=1S/C19H19N5O2S/c1-2-24-14-7-4-3-6-13(14)21-16(24)12-20-17(25)9-10-18-22-19(23-26-18)15-8-5-11-27-15/h3-8,11H,2,9-10,12H2,1H3,(H,20,25). The van der Waals surface area contributed by atoms with Gasteiger partial charge in [0.05, 0.1) is 22.5 Å². The Morgan fingerprint density at radius 3 is 2.93 bits per heavy atom. The number of rotatable bonds is 7. The number of thiophene rings is 1. The van der Waals surface area contributed by atoms with Gasteiger partial charge < -0.3 is 14.4 Å². The molecule has 27 heavy (non-hydrogen) atoms. The van der Waals surface area contributed by atoms with Crippen molar-refractivity contribution >= 4 is 28.3 Å². The van der Waals surface area contributed by atoms with E-state index in [0.29, 0.717) is 31.1 Å². The van der Waals surface area contributed by atoms with E-state index in [-0.39, 0.29) is 5.91 Å². The summed E-state index contributed by atoms with van der Waals surface area (Å²) in [7, 11) is 0. The first-order valence-corrected chi connectivity index (χ1v) is 9.70. The molecule has 0 bridgehead atoms. The fourth-order valence-corrected chi connectivity index (χ4v) is 3.61. The molecule has 1 amide bonds. The zero-order valence-corrected chi connectivity index (χ0v) is 15.7. The Bertz CT molecular complexity index is 1050. The van der Waals surface area contributed by atoms with E-state index < -0.39 is 0 Å². The highest BCUT2D eigenvalue weighted by atomic mass is 32.1. The molecular weight excluding hydrogens is 362 g/mol. The van der Waals surface area contributed by atoms with Gasteiger partial charge in [0, 0.05) is 19.4 Å². The zero-order chi connectivity index (χ0) is 18.6. The Balaban J connectivity index is 1.34. The third kappa shape index (κ3) is 3.75. The summed E-state index contributed by atoms with van der Waals surface area (Å²) in [6, 6.07) is 11.9. The van der Waals surface area contributed by atoms with E-state index in [1.54, 1.807) is 11.3 Å². The third-order valence-electron chi connectivity index (χ3n) is 4.27. The minimum absolute atomic E-state index is 0.0689. The molecule has 0 fully saturated rings. The topological polar surface area (TPSA) is 85.8 Å². The van der Waals surface area contributed by atoms with E-state index in [1.807, 2.05) is 41.8 Å². The van der Waals surface area contributed by atoms with Gasteiger partial charge in [0.25, 0.3) is 0 Å². The summed E-state index contributed by atoms with van der Waals surface area (Å²) in [6.07, 6.45) is 0.701. The minimum Gasteiger partial charge on any atom is -0.349 e. The van der Waals surface area contributed by atoms with Crippen LogP contribution in [0.5, 0.6) is 0 Å². The first kappa shape index (κ1) is 17.4. The van der Waals surface area contributed by atoms with Gasteiger partial charge in [-0.1, -0.05) is 23.4 Å². The lowest BCUT2D eigenvalue weighted by Crippen LogP contribution is -2.25. The summed E-state index contributed by atoms with van der Waals surface area (Å²) in [5, 5.41) is 8.85. The lowest BCUT2D eigenvalue weighted by Gasteiger charge is -2.07. The first-order valence-electron chi connectivity index (χ1n) is 8.82. The van der Waals surface area contributed by atoms with Crippen LogP contribution in [0.1, 0.15) is 25.1 Å². The number of para-hydroxylation sites is 2. The molecule has 3 heterocycles. The molecule has 1 aromatic carbocycles. The number of amides is 1. The quantitative estimate of drug-likeness (QED) is 0.530. The van der Waals surface area contributed by atoms with Crippen LogP contribution in [0.15, 0.2) is 46.3 Å². The summed E-state index contributed by atoms with van der Waals surface area (Å²) in [6.45, 7) is 3.27.